The van der Waals surface area contributed by atoms with Gasteiger partial charge in [0.05, 0.1) is 11.4 Å². The quantitative estimate of drug-likeness (QED) is 0.260. The SMILES string of the molecule is Cc1ccc(C)c(OCCN2C(=O)S/C(=C\c3ccccc3OS(=O)(=O)c3ccc(Cl)cc3)C2=O)c1. The number of nitrogens with zero attached hydrogens (tertiary/aromatic N) is 1. The first-order chi connectivity index (χ1) is 17.1. The van der Waals surface area contributed by atoms with Crippen LogP contribution in [0.2, 0.25) is 5.02 Å². The molecule has 0 atom stereocenters. The van der Waals surface area contributed by atoms with E-state index >= 15 is 0 Å². The van der Waals surface area contributed by atoms with Crippen molar-refractivity contribution in [2.45, 2.75) is 18.7 Å². The molecule has 0 spiro atoms. The van der Waals surface area contributed by atoms with Gasteiger partial charge in [0.1, 0.15) is 23.0 Å². The monoisotopic (exact) mass is 543 g/mol. The normalized spacial score (nSPS) is 15.0. The zero-order valence-electron chi connectivity index (χ0n) is 19.4. The summed E-state index contributed by atoms with van der Waals surface area (Å²) in [6, 6.07) is 17.8. The van der Waals surface area contributed by atoms with Gasteiger partial charge in [-0.25, -0.2) is 0 Å². The summed E-state index contributed by atoms with van der Waals surface area (Å²) in [6.07, 6.45) is 1.45. The molecule has 1 aliphatic heterocycles. The Kier molecular flexibility index (Phi) is 7.73. The minimum atomic E-state index is -4.14. The molecule has 0 saturated carbocycles. The van der Waals surface area contributed by atoms with Gasteiger partial charge in [-0.1, -0.05) is 41.9 Å². The van der Waals surface area contributed by atoms with E-state index < -0.39 is 21.3 Å². The van der Waals surface area contributed by atoms with Crippen molar-refractivity contribution in [2.24, 2.45) is 0 Å². The minimum absolute atomic E-state index is 0.0255. The third-order valence-electron chi connectivity index (χ3n) is 5.30. The number of carbonyl (C=O) groups is 2. The number of hydrogen-bond acceptors (Lipinski definition) is 7. The first-order valence-electron chi connectivity index (χ1n) is 10.9. The lowest BCUT2D eigenvalue weighted by atomic mass is 10.1. The molecule has 0 N–H and O–H groups in total. The molecule has 1 saturated heterocycles. The summed E-state index contributed by atoms with van der Waals surface area (Å²) in [6.45, 7) is 4.10. The number of rotatable bonds is 8. The van der Waals surface area contributed by atoms with Crippen LogP contribution < -0.4 is 8.92 Å². The Bertz CT molecular complexity index is 1450. The van der Waals surface area contributed by atoms with Crippen LogP contribution in [-0.2, 0) is 14.9 Å². The van der Waals surface area contributed by atoms with Crippen LogP contribution in [0.25, 0.3) is 6.08 Å². The van der Waals surface area contributed by atoms with E-state index in [4.69, 9.17) is 20.5 Å². The number of amides is 2. The fraction of sp³-hybridized carbons (Fsp3) is 0.154. The van der Waals surface area contributed by atoms with E-state index in [-0.39, 0.29) is 28.7 Å². The fourth-order valence-electron chi connectivity index (χ4n) is 3.39. The number of aryl methyl sites for hydroxylation is 2. The molecule has 186 valence electrons. The highest BCUT2D eigenvalue weighted by Gasteiger charge is 2.35. The van der Waals surface area contributed by atoms with Crippen LogP contribution in [0, 0.1) is 13.8 Å². The van der Waals surface area contributed by atoms with Crippen LogP contribution in [0.1, 0.15) is 16.7 Å². The standard InChI is InChI=1S/C26H22ClNO6S2/c1-17-7-8-18(2)23(15-17)33-14-13-28-25(29)24(35-26(28)30)16-19-5-3-4-6-22(19)34-36(31,32)21-11-9-20(27)10-12-21/h3-12,15-16H,13-14H2,1-2H3/b24-16-. The molecular weight excluding hydrogens is 522 g/mol. The molecule has 0 aliphatic carbocycles. The number of imide groups is 1. The van der Waals surface area contributed by atoms with Gasteiger partial charge in [0, 0.05) is 10.6 Å². The van der Waals surface area contributed by atoms with Crippen molar-refractivity contribution < 1.29 is 26.9 Å². The molecule has 0 unspecified atom stereocenters. The number of thioether (sulfide) groups is 1. The molecule has 1 heterocycles. The lowest BCUT2D eigenvalue weighted by molar-refractivity contribution is -0.123. The molecule has 7 nitrogen and oxygen atoms in total. The number of ether oxygens (including phenoxy) is 1. The van der Waals surface area contributed by atoms with Gasteiger partial charge in [-0.05, 0) is 79.2 Å². The lowest BCUT2D eigenvalue weighted by Gasteiger charge is -2.14. The number of benzene rings is 3. The van der Waals surface area contributed by atoms with E-state index in [0.29, 0.717) is 16.3 Å². The molecule has 10 heteroatoms. The van der Waals surface area contributed by atoms with Crippen LogP contribution in [-0.4, -0.2) is 37.6 Å². The Balaban J connectivity index is 1.48. The number of carbonyl (C=O) groups excluding carboxylic acids is 2. The van der Waals surface area contributed by atoms with E-state index in [2.05, 4.69) is 0 Å². The van der Waals surface area contributed by atoms with Crippen LogP contribution in [0.3, 0.4) is 0 Å². The molecule has 2 amide bonds. The van der Waals surface area contributed by atoms with Gasteiger partial charge < -0.3 is 8.92 Å². The second-order valence-corrected chi connectivity index (χ2v) is 11.0. The first-order valence-corrected chi connectivity index (χ1v) is 13.5. The van der Waals surface area contributed by atoms with Gasteiger partial charge in [-0.15, -0.1) is 0 Å². The summed E-state index contributed by atoms with van der Waals surface area (Å²) in [5.74, 6) is 0.243. The summed E-state index contributed by atoms with van der Waals surface area (Å²) in [4.78, 5) is 26.6. The zero-order chi connectivity index (χ0) is 25.9. The molecule has 4 rings (SSSR count). The Hall–Kier alpha value is -3.27. The highest BCUT2D eigenvalue weighted by molar-refractivity contribution is 8.18. The molecule has 1 aliphatic rings. The first kappa shape index (κ1) is 25.8. The van der Waals surface area contributed by atoms with Gasteiger partial charge in [0.25, 0.3) is 11.1 Å². The zero-order valence-corrected chi connectivity index (χ0v) is 21.8. The van der Waals surface area contributed by atoms with Gasteiger partial charge in [-0.3, -0.25) is 14.5 Å². The van der Waals surface area contributed by atoms with Gasteiger partial charge in [0.15, 0.2) is 0 Å². The van der Waals surface area contributed by atoms with Gasteiger partial charge in [0.2, 0.25) is 0 Å². The predicted octanol–water partition coefficient (Wildman–Crippen LogP) is 5.84. The molecule has 1 fully saturated rings. The Morgan fingerprint density at radius 2 is 1.69 bits per heavy atom. The van der Waals surface area contributed by atoms with E-state index in [9.17, 15) is 18.0 Å². The van der Waals surface area contributed by atoms with Crippen molar-refractivity contribution in [3.05, 3.63) is 93.3 Å². The number of halogens is 1. The average Bonchev–Trinajstić information content (AvgIpc) is 3.10. The highest BCUT2D eigenvalue weighted by atomic mass is 35.5. The summed E-state index contributed by atoms with van der Waals surface area (Å²) >= 11 is 6.61. The summed E-state index contributed by atoms with van der Waals surface area (Å²) in [7, 11) is -4.14. The van der Waals surface area contributed by atoms with Crippen molar-refractivity contribution in [1.29, 1.82) is 0 Å². The number of para-hydroxylation sites is 1. The van der Waals surface area contributed by atoms with Crippen LogP contribution in [0.4, 0.5) is 4.79 Å². The third kappa shape index (κ3) is 5.92. The van der Waals surface area contributed by atoms with E-state index in [0.717, 1.165) is 27.8 Å². The van der Waals surface area contributed by atoms with Gasteiger partial charge >= 0.3 is 10.1 Å². The van der Waals surface area contributed by atoms with E-state index in [1.165, 1.54) is 36.4 Å². The summed E-state index contributed by atoms with van der Waals surface area (Å²) < 4.78 is 36.6. The van der Waals surface area contributed by atoms with Crippen molar-refractivity contribution in [3.63, 3.8) is 0 Å². The maximum absolute atomic E-state index is 12.9. The highest BCUT2D eigenvalue weighted by Crippen LogP contribution is 2.34. The average molecular weight is 544 g/mol. The van der Waals surface area contributed by atoms with Crippen LogP contribution >= 0.6 is 23.4 Å². The largest absolute Gasteiger partial charge is 0.491 e. The second kappa shape index (κ2) is 10.8. The summed E-state index contributed by atoms with van der Waals surface area (Å²) in [5.41, 5.74) is 2.34. The fourth-order valence-corrected chi connectivity index (χ4v) is 5.32. The number of hydrogen-bond donors (Lipinski definition) is 0. The Morgan fingerprint density at radius 1 is 0.972 bits per heavy atom. The van der Waals surface area contributed by atoms with Crippen LogP contribution in [0.15, 0.2) is 76.5 Å². The topological polar surface area (TPSA) is 90.0 Å². The molecule has 0 bridgehead atoms. The predicted molar refractivity (Wildman–Crippen MR) is 140 cm³/mol. The minimum Gasteiger partial charge on any atom is -0.491 e. The van der Waals surface area contributed by atoms with Crippen molar-refractivity contribution in [3.8, 4) is 11.5 Å². The molecule has 3 aromatic carbocycles. The maximum atomic E-state index is 12.9. The second-order valence-electron chi connectivity index (χ2n) is 7.98. The molecular formula is C26H22ClNO6S2. The summed E-state index contributed by atoms with van der Waals surface area (Å²) in [5, 5.41) is -0.0347. The van der Waals surface area contributed by atoms with Crippen molar-refractivity contribution in [2.75, 3.05) is 13.2 Å². The van der Waals surface area contributed by atoms with Crippen LogP contribution in [0.5, 0.6) is 11.5 Å². The molecule has 0 aromatic heterocycles. The smallest absolute Gasteiger partial charge is 0.339 e. The Morgan fingerprint density at radius 3 is 2.44 bits per heavy atom. The maximum Gasteiger partial charge on any atom is 0.339 e. The molecule has 36 heavy (non-hydrogen) atoms. The van der Waals surface area contributed by atoms with Crippen molar-refractivity contribution >= 4 is 50.7 Å². The van der Waals surface area contributed by atoms with Crippen molar-refractivity contribution in [1.82, 2.24) is 4.90 Å². The third-order valence-corrected chi connectivity index (χ3v) is 7.70. The Labute approximate surface area is 218 Å². The lowest BCUT2D eigenvalue weighted by Crippen LogP contribution is -2.32. The van der Waals surface area contributed by atoms with E-state index in [1.807, 2.05) is 32.0 Å². The molecule has 0 radical (unpaired) electrons. The molecule has 3 aromatic rings. The van der Waals surface area contributed by atoms with E-state index in [1.54, 1.807) is 18.2 Å². The van der Waals surface area contributed by atoms with Gasteiger partial charge in [-0.2, -0.15) is 8.42 Å².